The number of nitro groups is 1. The Hall–Kier alpha value is -2.15. The predicted molar refractivity (Wildman–Crippen MR) is 65.7 cm³/mol. The third kappa shape index (κ3) is 3.42. The van der Waals surface area contributed by atoms with Crippen LogP contribution in [0, 0.1) is 10.1 Å². The van der Waals surface area contributed by atoms with Gasteiger partial charge in [-0.2, -0.15) is 0 Å². The van der Waals surface area contributed by atoms with Gasteiger partial charge in [-0.3, -0.25) is 14.9 Å². The summed E-state index contributed by atoms with van der Waals surface area (Å²) in [6.07, 6.45) is 0. The second-order valence-corrected chi connectivity index (χ2v) is 3.44. The van der Waals surface area contributed by atoms with Gasteiger partial charge < -0.3 is 15.8 Å². The van der Waals surface area contributed by atoms with E-state index in [2.05, 4.69) is 5.32 Å². The lowest BCUT2D eigenvalue weighted by Gasteiger charge is -2.07. The van der Waals surface area contributed by atoms with Gasteiger partial charge in [0.25, 0.3) is 5.91 Å². The molecule has 0 aromatic heterocycles. The van der Waals surface area contributed by atoms with Crippen molar-refractivity contribution in [1.29, 1.82) is 0 Å². The Morgan fingerprint density at radius 1 is 1.56 bits per heavy atom. The summed E-state index contributed by atoms with van der Waals surface area (Å²) in [5.41, 5.74) is 5.24. The van der Waals surface area contributed by atoms with Crippen LogP contribution in [0.25, 0.3) is 0 Å². The fraction of sp³-hybridized carbons (Fsp3) is 0.364. The van der Waals surface area contributed by atoms with Crippen LogP contribution in [0.3, 0.4) is 0 Å². The van der Waals surface area contributed by atoms with Gasteiger partial charge >= 0.3 is 5.69 Å². The molecular formula is C11H15N3O4. The van der Waals surface area contributed by atoms with Gasteiger partial charge in [-0.15, -0.1) is 0 Å². The van der Waals surface area contributed by atoms with Crippen LogP contribution < -0.4 is 15.8 Å². The van der Waals surface area contributed by atoms with Crippen LogP contribution >= 0.6 is 0 Å². The van der Waals surface area contributed by atoms with E-state index < -0.39 is 4.92 Å². The Kier molecular flexibility index (Phi) is 5.06. The standard InChI is InChI=1S/C11H15N3O4/c1-2-13-11(15)8-3-4-10(18-6-5-12)9(7-8)14(16)17/h3-4,7H,2,5-6,12H2,1H3,(H,13,15). The molecule has 3 N–H and O–H groups in total. The molecule has 0 aliphatic carbocycles. The van der Waals surface area contributed by atoms with Crippen molar-refractivity contribution in [1.82, 2.24) is 5.32 Å². The lowest BCUT2D eigenvalue weighted by molar-refractivity contribution is -0.385. The number of hydrogen-bond acceptors (Lipinski definition) is 5. The number of benzene rings is 1. The molecule has 0 spiro atoms. The number of rotatable bonds is 6. The zero-order valence-electron chi connectivity index (χ0n) is 10.0. The van der Waals surface area contributed by atoms with Gasteiger partial charge in [-0.25, -0.2) is 0 Å². The summed E-state index contributed by atoms with van der Waals surface area (Å²) in [6.45, 7) is 2.67. The predicted octanol–water partition coefficient (Wildman–Crippen LogP) is 0.682. The number of carbonyl (C=O) groups excluding carboxylic acids is 1. The molecule has 1 aromatic carbocycles. The quantitative estimate of drug-likeness (QED) is 0.572. The van der Waals surface area contributed by atoms with Crippen LogP contribution in [-0.2, 0) is 0 Å². The lowest BCUT2D eigenvalue weighted by atomic mass is 10.1. The molecule has 1 aromatic rings. The molecule has 18 heavy (non-hydrogen) atoms. The van der Waals surface area contributed by atoms with Crippen LogP contribution in [0.1, 0.15) is 17.3 Å². The van der Waals surface area contributed by atoms with Crippen molar-refractivity contribution in [3.05, 3.63) is 33.9 Å². The number of nitrogens with zero attached hydrogens (tertiary/aromatic N) is 1. The smallest absolute Gasteiger partial charge is 0.311 e. The van der Waals surface area contributed by atoms with Crippen molar-refractivity contribution in [2.75, 3.05) is 19.7 Å². The first-order valence-electron chi connectivity index (χ1n) is 5.49. The van der Waals surface area contributed by atoms with Crippen LogP contribution in [-0.4, -0.2) is 30.5 Å². The van der Waals surface area contributed by atoms with Crippen molar-refractivity contribution >= 4 is 11.6 Å². The summed E-state index contributed by atoms with van der Waals surface area (Å²) in [5, 5.41) is 13.4. The Bertz CT molecular complexity index is 448. The molecule has 0 aliphatic heterocycles. The van der Waals surface area contributed by atoms with Gasteiger partial charge in [0, 0.05) is 24.7 Å². The van der Waals surface area contributed by atoms with Crippen molar-refractivity contribution in [2.24, 2.45) is 5.73 Å². The zero-order valence-corrected chi connectivity index (χ0v) is 10.0. The molecule has 0 bridgehead atoms. The van der Waals surface area contributed by atoms with Gasteiger partial charge in [0.2, 0.25) is 0 Å². The van der Waals surface area contributed by atoms with Crippen molar-refractivity contribution in [2.45, 2.75) is 6.92 Å². The first kappa shape index (κ1) is 13.9. The van der Waals surface area contributed by atoms with Crippen molar-refractivity contribution in [3.8, 4) is 5.75 Å². The molecule has 0 aliphatic rings. The number of nitrogens with two attached hydrogens (primary N) is 1. The van der Waals surface area contributed by atoms with Gasteiger partial charge in [-0.05, 0) is 19.1 Å². The Balaban J connectivity index is 3.03. The molecule has 1 rings (SSSR count). The Morgan fingerprint density at radius 2 is 2.28 bits per heavy atom. The minimum Gasteiger partial charge on any atom is -0.485 e. The van der Waals surface area contributed by atoms with Crippen LogP contribution in [0.15, 0.2) is 18.2 Å². The zero-order chi connectivity index (χ0) is 13.5. The second-order valence-electron chi connectivity index (χ2n) is 3.44. The summed E-state index contributed by atoms with van der Waals surface area (Å²) in [6, 6.07) is 4.07. The maximum atomic E-state index is 11.6. The third-order valence-electron chi connectivity index (χ3n) is 2.13. The molecule has 1 amide bonds. The minimum atomic E-state index is -0.589. The van der Waals surface area contributed by atoms with E-state index in [4.69, 9.17) is 10.5 Å². The summed E-state index contributed by atoms with van der Waals surface area (Å²) < 4.78 is 5.14. The fourth-order valence-corrected chi connectivity index (χ4v) is 1.35. The SMILES string of the molecule is CCNC(=O)c1ccc(OCCN)c([N+](=O)[O-])c1. The van der Waals surface area contributed by atoms with E-state index in [-0.39, 0.29) is 36.1 Å². The molecule has 7 heteroatoms. The highest BCUT2D eigenvalue weighted by Gasteiger charge is 2.18. The van der Waals surface area contributed by atoms with E-state index >= 15 is 0 Å². The molecule has 0 unspecified atom stereocenters. The average Bonchev–Trinajstić information content (AvgIpc) is 2.36. The van der Waals surface area contributed by atoms with Crippen LogP contribution in [0.4, 0.5) is 5.69 Å². The molecule has 0 heterocycles. The van der Waals surface area contributed by atoms with E-state index in [0.29, 0.717) is 6.54 Å². The van der Waals surface area contributed by atoms with Gasteiger partial charge in [-0.1, -0.05) is 0 Å². The number of carbonyl (C=O) groups is 1. The normalized spacial score (nSPS) is 9.89. The number of nitro benzene ring substituents is 1. The van der Waals surface area contributed by atoms with Crippen molar-refractivity contribution in [3.63, 3.8) is 0 Å². The summed E-state index contributed by atoms with van der Waals surface area (Å²) in [5.74, 6) is -0.246. The first-order valence-corrected chi connectivity index (χ1v) is 5.49. The third-order valence-corrected chi connectivity index (χ3v) is 2.13. The number of nitrogens with one attached hydrogen (secondary N) is 1. The monoisotopic (exact) mass is 253 g/mol. The molecular weight excluding hydrogens is 238 g/mol. The van der Waals surface area contributed by atoms with Gasteiger partial charge in [0.1, 0.15) is 6.61 Å². The largest absolute Gasteiger partial charge is 0.485 e. The topological polar surface area (TPSA) is 107 Å². The second kappa shape index (κ2) is 6.55. The molecule has 7 nitrogen and oxygen atoms in total. The fourth-order valence-electron chi connectivity index (χ4n) is 1.35. The Labute approximate surface area is 104 Å². The maximum Gasteiger partial charge on any atom is 0.311 e. The number of hydrogen-bond donors (Lipinski definition) is 2. The van der Waals surface area contributed by atoms with E-state index in [1.165, 1.54) is 18.2 Å². The minimum absolute atomic E-state index is 0.110. The molecule has 0 radical (unpaired) electrons. The molecule has 98 valence electrons. The van der Waals surface area contributed by atoms with E-state index in [9.17, 15) is 14.9 Å². The van der Waals surface area contributed by atoms with Crippen LogP contribution in [0.5, 0.6) is 5.75 Å². The van der Waals surface area contributed by atoms with Gasteiger partial charge in [0.15, 0.2) is 5.75 Å². The maximum absolute atomic E-state index is 11.6. The summed E-state index contributed by atoms with van der Waals surface area (Å²) in [7, 11) is 0. The van der Waals surface area contributed by atoms with Crippen molar-refractivity contribution < 1.29 is 14.5 Å². The molecule has 0 atom stereocenters. The summed E-state index contributed by atoms with van der Waals surface area (Å²) >= 11 is 0. The summed E-state index contributed by atoms with van der Waals surface area (Å²) in [4.78, 5) is 21.8. The Morgan fingerprint density at radius 3 is 2.83 bits per heavy atom. The number of amides is 1. The first-order chi connectivity index (χ1) is 8.60. The molecule has 0 saturated heterocycles. The highest BCUT2D eigenvalue weighted by molar-refractivity contribution is 5.95. The van der Waals surface area contributed by atoms with Gasteiger partial charge in [0.05, 0.1) is 4.92 Å². The van der Waals surface area contributed by atoms with E-state index in [0.717, 1.165) is 0 Å². The van der Waals surface area contributed by atoms with Crippen LogP contribution in [0.2, 0.25) is 0 Å². The highest BCUT2D eigenvalue weighted by Crippen LogP contribution is 2.27. The van der Waals surface area contributed by atoms with E-state index in [1.807, 2.05) is 0 Å². The highest BCUT2D eigenvalue weighted by atomic mass is 16.6. The number of ether oxygens (including phenoxy) is 1. The molecule has 0 saturated carbocycles. The van der Waals surface area contributed by atoms with E-state index in [1.54, 1.807) is 6.92 Å². The average molecular weight is 253 g/mol. The lowest BCUT2D eigenvalue weighted by Crippen LogP contribution is -2.22. The molecule has 0 fully saturated rings.